The molecule has 0 bridgehead atoms. The molecule has 6 aromatic rings. The van der Waals surface area contributed by atoms with Gasteiger partial charge in [-0.2, -0.15) is 0 Å². The molecular weight excluding hydrogens is 478 g/mol. The second kappa shape index (κ2) is 8.67. The lowest BCUT2D eigenvalue weighted by Crippen LogP contribution is -2.41. The van der Waals surface area contributed by atoms with Crippen molar-refractivity contribution in [3.05, 3.63) is 115 Å². The van der Waals surface area contributed by atoms with Gasteiger partial charge in [-0.1, -0.05) is 91.0 Å². The van der Waals surface area contributed by atoms with E-state index in [9.17, 15) is 0 Å². The first-order valence-corrected chi connectivity index (χ1v) is 13.5. The molecule has 3 nitrogen and oxygen atoms in total. The van der Waals surface area contributed by atoms with E-state index in [1.807, 2.05) is 39.8 Å². The van der Waals surface area contributed by atoms with Crippen LogP contribution in [0.2, 0.25) is 0 Å². The highest BCUT2D eigenvalue weighted by Crippen LogP contribution is 2.41. The van der Waals surface area contributed by atoms with Crippen molar-refractivity contribution >= 4 is 38.0 Å². The van der Waals surface area contributed by atoms with Gasteiger partial charge >= 0.3 is 0 Å². The fraction of sp³-hybridized carbons (Fsp3) is 0.167. The lowest BCUT2D eigenvalue weighted by atomic mass is 9.90. The topological polar surface area (TPSA) is 21.7 Å². The maximum absolute atomic E-state index is 6.08. The van der Waals surface area contributed by atoms with Crippen molar-refractivity contribution in [2.75, 3.05) is 5.23 Å². The van der Waals surface area contributed by atoms with Crippen LogP contribution in [-0.2, 0) is 9.68 Å². The van der Waals surface area contributed by atoms with Crippen molar-refractivity contribution in [1.29, 1.82) is 0 Å². The molecule has 192 valence electrons. The van der Waals surface area contributed by atoms with E-state index in [-0.39, 0.29) is 0 Å². The Balaban J connectivity index is 1.26. The zero-order valence-corrected chi connectivity index (χ0v) is 22.7. The monoisotopic (exact) mass is 509 g/mol. The Bertz CT molecular complexity index is 1820. The number of nitrogens with zero attached hydrogens (tertiary/aromatic N) is 1. The Kier molecular flexibility index (Phi) is 5.31. The molecule has 0 spiro atoms. The van der Waals surface area contributed by atoms with Crippen LogP contribution in [0.3, 0.4) is 0 Å². The zero-order valence-electron chi connectivity index (χ0n) is 22.7. The third-order valence-electron chi connectivity index (χ3n) is 8.42. The van der Waals surface area contributed by atoms with Crippen LogP contribution < -0.4 is 5.23 Å². The molecule has 0 radical (unpaired) electrons. The quantitative estimate of drug-likeness (QED) is 0.222. The van der Waals surface area contributed by atoms with Gasteiger partial charge in [-0.05, 0) is 107 Å². The summed E-state index contributed by atoms with van der Waals surface area (Å²) in [4.78, 5) is 12.2. The molecule has 1 aliphatic heterocycles. The first-order chi connectivity index (χ1) is 18.8. The zero-order chi connectivity index (χ0) is 26.8. The lowest BCUT2D eigenvalue weighted by molar-refractivity contribution is -0.0272. The summed E-state index contributed by atoms with van der Waals surface area (Å²) in [5.74, 6) is 0. The van der Waals surface area contributed by atoms with Crippen LogP contribution >= 0.6 is 0 Å². The number of rotatable bonds is 3. The van der Waals surface area contributed by atoms with Gasteiger partial charge in [0, 0.05) is 0 Å². The summed E-state index contributed by atoms with van der Waals surface area (Å²) in [5.41, 5.74) is 4.77. The average Bonchev–Trinajstić information content (AvgIpc) is 3.19. The van der Waals surface area contributed by atoms with Crippen molar-refractivity contribution in [3.63, 3.8) is 0 Å². The van der Waals surface area contributed by atoms with Crippen LogP contribution in [0.1, 0.15) is 27.7 Å². The Hall–Kier alpha value is -4.18. The Morgan fingerprint density at radius 3 is 1.41 bits per heavy atom. The summed E-state index contributed by atoms with van der Waals surface area (Å²) in [6.07, 6.45) is 0. The lowest BCUT2D eigenvalue weighted by Gasteiger charge is -2.26. The largest absolute Gasteiger partial charge is 0.239 e. The molecule has 0 saturated carbocycles. The minimum atomic E-state index is -0.419. The summed E-state index contributed by atoms with van der Waals surface area (Å²) in [6.45, 7) is 8.19. The molecule has 1 heterocycles. The predicted molar refractivity (Wildman–Crippen MR) is 163 cm³/mol. The van der Waals surface area contributed by atoms with Crippen LogP contribution in [0, 0.1) is 0 Å². The van der Waals surface area contributed by atoms with Gasteiger partial charge in [0.1, 0.15) is 11.2 Å². The molecular formula is C36H31NO2. The average molecular weight is 510 g/mol. The third kappa shape index (κ3) is 3.89. The van der Waals surface area contributed by atoms with Crippen molar-refractivity contribution in [3.8, 4) is 22.3 Å². The molecule has 6 aromatic carbocycles. The number of fused-ring (bicyclic) bond motifs is 6. The van der Waals surface area contributed by atoms with E-state index in [4.69, 9.17) is 9.68 Å². The fourth-order valence-corrected chi connectivity index (χ4v) is 5.50. The fourth-order valence-electron chi connectivity index (χ4n) is 5.50. The van der Waals surface area contributed by atoms with E-state index >= 15 is 0 Å². The SMILES string of the molecule is CC1(C)ON(c2ccc(-c3cccc(-c4ccc5c6ccccc6c6ccccc6c5c4)c3)cc2)OC1(C)C. The van der Waals surface area contributed by atoms with Crippen LogP contribution in [0.15, 0.2) is 115 Å². The first kappa shape index (κ1) is 23.9. The summed E-state index contributed by atoms with van der Waals surface area (Å²) < 4.78 is 0. The second-order valence-electron chi connectivity index (χ2n) is 11.4. The van der Waals surface area contributed by atoms with Gasteiger partial charge < -0.3 is 0 Å². The van der Waals surface area contributed by atoms with Gasteiger partial charge in [-0.3, -0.25) is 0 Å². The van der Waals surface area contributed by atoms with Gasteiger partial charge in [0.2, 0.25) is 0 Å². The molecule has 0 aromatic heterocycles. The van der Waals surface area contributed by atoms with E-state index in [0.29, 0.717) is 0 Å². The van der Waals surface area contributed by atoms with E-state index in [1.165, 1.54) is 49.0 Å². The molecule has 0 N–H and O–H groups in total. The molecule has 0 amide bonds. The smallest absolute Gasteiger partial charge is 0.124 e. The molecule has 7 rings (SSSR count). The Labute approximate surface area is 229 Å². The highest BCUT2D eigenvalue weighted by atomic mass is 17.0. The summed E-state index contributed by atoms with van der Waals surface area (Å²) in [7, 11) is 0. The van der Waals surface area contributed by atoms with E-state index in [1.54, 1.807) is 5.23 Å². The minimum absolute atomic E-state index is 0.419. The van der Waals surface area contributed by atoms with Crippen molar-refractivity contribution < 1.29 is 9.68 Å². The van der Waals surface area contributed by atoms with Crippen LogP contribution in [0.5, 0.6) is 0 Å². The molecule has 0 aliphatic carbocycles. The molecule has 0 unspecified atom stereocenters. The second-order valence-corrected chi connectivity index (χ2v) is 11.4. The Morgan fingerprint density at radius 1 is 0.410 bits per heavy atom. The van der Waals surface area contributed by atoms with Crippen LogP contribution in [-0.4, -0.2) is 11.2 Å². The molecule has 0 atom stereocenters. The van der Waals surface area contributed by atoms with Gasteiger partial charge in [-0.15, -0.1) is 5.23 Å². The van der Waals surface area contributed by atoms with Gasteiger partial charge in [0.25, 0.3) is 0 Å². The molecule has 1 fully saturated rings. The molecule has 3 heteroatoms. The normalized spacial score (nSPS) is 16.4. The number of benzene rings is 6. The highest BCUT2D eigenvalue weighted by molar-refractivity contribution is 6.25. The van der Waals surface area contributed by atoms with Crippen LogP contribution in [0.4, 0.5) is 5.69 Å². The number of hydrogen-bond acceptors (Lipinski definition) is 3. The minimum Gasteiger partial charge on any atom is -0.239 e. The van der Waals surface area contributed by atoms with E-state index in [0.717, 1.165) is 11.3 Å². The molecule has 1 saturated heterocycles. The van der Waals surface area contributed by atoms with Crippen molar-refractivity contribution in [2.45, 2.75) is 38.9 Å². The standard InChI is InChI=1S/C36H31NO2/c1-35(2)36(3,4)39-37(38-35)28-19-16-24(17-20-28)25-10-9-11-26(22-25)27-18-21-33-31-14-6-5-12-29(31)30-13-7-8-15-32(30)34(33)23-27/h5-23H,1-4H3. The predicted octanol–water partition coefficient (Wildman–Crippen LogP) is 9.72. The highest BCUT2D eigenvalue weighted by Gasteiger charge is 2.50. The number of hydrogen-bond donors (Lipinski definition) is 0. The van der Waals surface area contributed by atoms with Crippen molar-refractivity contribution in [1.82, 2.24) is 0 Å². The van der Waals surface area contributed by atoms with Gasteiger partial charge in [0.05, 0.1) is 5.69 Å². The van der Waals surface area contributed by atoms with Crippen molar-refractivity contribution in [2.24, 2.45) is 0 Å². The summed E-state index contributed by atoms with van der Waals surface area (Å²) in [6, 6.07) is 41.4. The Morgan fingerprint density at radius 2 is 0.846 bits per heavy atom. The maximum atomic E-state index is 6.08. The van der Waals surface area contributed by atoms with E-state index < -0.39 is 11.2 Å². The number of anilines is 1. The maximum Gasteiger partial charge on any atom is 0.124 e. The van der Waals surface area contributed by atoms with Crippen LogP contribution in [0.25, 0.3) is 54.6 Å². The summed E-state index contributed by atoms with van der Waals surface area (Å²) >= 11 is 0. The third-order valence-corrected chi connectivity index (χ3v) is 8.42. The molecule has 1 aliphatic rings. The first-order valence-electron chi connectivity index (χ1n) is 13.5. The van der Waals surface area contributed by atoms with Gasteiger partial charge in [0.15, 0.2) is 0 Å². The van der Waals surface area contributed by atoms with Gasteiger partial charge in [-0.25, -0.2) is 9.68 Å². The summed E-state index contributed by atoms with van der Waals surface area (Å²) in [5, 5.41) is 9.30. The van der Waals surface area contributed by atoms with E-state index in [2.05, 4.69) is 103 Å². The molecule has 39 heavy (non-hydrogen) atoms.